The van der Waals surface area contributed by atoms with Gasteiger partial charge in [-0.2, -0.15) is 0 Å². The summed E-state index contributed by atoms with van der Waals surface area (Å²) >= 11 is 0. The molecule has 0 saturated carbocycles. The molecule has 0 aromatic heterocycles. The van der Waals surface area contributed by atoms with E-state index in [1.807, 2.05) is 19.1 Å². The van der Waals surface area contributed by atoms with E-state index in [1.54, 1.807) is 37.3 Å². The molecule has 2 aromatic carbocycles. The largest absolute Gasteiger partial charge is 0.454 e. The molecule has 1 aliphatic heterocycles. The quantitative estimate of drug-likeness (QED) is 0.641. The third-order valence-corrected chi connectivity index (χ3v) is 3.60. The summed E-state index contributed by atoms with van der Waals surface area (Å²) in [6.45, 7) is 3.64. The molecule has 0 radical (unpaired) electrons. The molecule has 5 heteroatoms. The first-order valence-electron chi connectivity index (χ1n) is 7.26. The van der Waals surface area contributed by atoms with Crippen molar-refractivity contribution < 1.29 is 23.8 Å². The van der Waals surface area contributed by atoms with Gasteiger partial charge in [0.25, 0.3) is 0 Å². The molecule has 0 amide bonds. The summed E-state index contributed by atoms with van der Waals surface area (Å²) in [4.78, 5) is 24.5. The summed E-state index contributed by atoms with van der Waals surface area (Å²) in [7, 11) is 0. The van der Waals surface area contributed by atoms with Crippen molar-refractivity contribution in [2.75, 3.05) is 6.79 Å². The Morgan fingerprint density at radius 3 is 2.39 bits per heavy atom. The first-order valence-corrected chi connectivity index (χ1v) is 7.26. The van der Waals surface area contributed by atoms with Crippen LogP contribution < -0.4 is 9.47 Å². The lowest BCUT2D eigenvalue weighted by atomic mass is 10.1. The number of carbonyl (C=O) groups excluding carboxylic acids is 2. The summed E-state index contributed by atoms with van der Waals surface area (Å²) < 4.78 is 15.7. The van der Waals surface area contributed by atoms with Gasteiger partial charge in [-0.25, -0.2) is 4.79 Å². The Kier molecular flexibility index (Phi) is 4.02. The van der Waals surface area contributed by atoms with E-state index in [2.05, 4.69) is 0 Å². The zero-order valence-corrected chi connectivity index (χ0v) is 12.9. The average molecular weight is 312 g/mol. The Bertz CT molecular complexity index is 749. The van der Waals surface area contributed by atoms with Crippen molar-refractivity contribution in [3.05, 3.63) is 59.2 Å². The highest BCUT2D eigenvalue weighted by molar-refractivity contribution is 6.01. The molecule has 23 heavy (non-hydrogen) atoms. The van der Waals surface area contributed by atoms with Crippen molar-refractivity contribution in [1.29, 1.82) is 0 Å². The number of ether oxygens (including phenoxy) is 3. The Labute approximate surface area is 133 Å². The van der Waals surface area contributed by atoms with Gasteiger partial charge in [0, 0.05) is 5.56 Å². The van der Waals surface area contributed by atoms with Crippen molar-refractivity contribution in [3.63, 3.8) is 0 Å². The topological polar surface area (TPSA) is 61.8 Å². The third kappa shape index (κ3) is 3.18. The zero-order valence-electron chi connectivity index (χ0n) is 12.9. The van der Waals surface area contributed by atoms with E-state index in [4.69, 9.17) is 14.2 Å². The highest BCUT2D eigenvalue weighted by Crippen LogP contribution is 2.32. The minimum Gasteiger partial charge on any atom is -0.454 e. The zero-order chi connectivity index (χ0) is 16.4. The SMILES string of the molecule is Cc1ccc(C(=O)[C@H](C)OC(=O)c2ccc3c(c2)OCO3)cc1. The molecule has 118 valence electrons. The van der Waals surface area contributed by atoms with E-state index in [0.717, 1.165) is 5.56 Å². The Balaban J connectivity index is 1.69. The van der Waals surface area contributed by atoms with Gasteiger partial charge in [-0.3, -0.25) is 4.79 Å². The first kappa shape index (κ1) is 15.1. The van der Waals surface area contributed by atoms with Gasteiger partial charge in [-0.05, 0) is 32.0 Å². The molecule has 1 atom stereocenters. The van der Waals surface area contributed by atoms with Gasteiger partial charge in [-0.1, -0.05) is 29.8 Å². The standard InChI is InChI=1S/C18H16O5/c1-11-3-5-13(6-4-11)17(19)12(2)23-18(20)14-7-8-15-16(9-14)22-10-21-15/h3-9,12H,10H2,1-2H3/t12-/m0/s1. The first-order chi connectivity index (χ1) is 11.0. The second kappa shape index (κ2) is 6.12. The highest BCUT2D eigenvalue weighted by atomic mass is 16.7. The summed E-state index contributed by atoms with van der Waals surface area (Å²) in [5, 5.41) is 0. The number of carbonyl (C=O) groups is 2. The van der Waals surface area contributed by atoms with Crippen LogP contribution >= 0.6 is 0 Å². The Hall–Kier alpha value is -2.82. The molecule has 0 unspecified atom stereocenters. The van der Waals surface area contributed by atoms with Crippen LogP contribution in [0.3, 0.4) is 0 Å². The number of ketones is 1. The van der Waals surface area contributed by atoms with Crippen LogP contribution in [0, 0.1) is 6.92 Å². The molecule has 0 saturated heterocycles. The van der Waals surface area contributed by atoms with Crippen LogP contribution in [-0.2, 0) is 4.74 Å². The summed E-state index contributed by atoms with van der Waals surface area (Å²) in [6.07, 6.45) is -0.865. The Morgan fingerprint density at radius 2 is 1.65 bits per heavy atom. The number of hydrogen-bond acceptors (Lipinski definition) is 5. The molecule has 1 heterocycles. The van der Waals surface area contributed by atoms with Crippen molar-refractivity contribution in [2.45, 2.75) is 20.0 Å². The van der Waals surface area contributed by atoms with E-state index in [1.165, 1.54) is 0 Å². The number of benzene rings is 2. The van der Waals surface area contributed by atoms with Gasteiger partial charge in [0.15, 0.2) is 17.6 Å². The van der Waals surface area contributed by atoms with Crippen molar-refractivity contribution in [3.8, 4) is 11.5 Å². The summed E-state index contributed by atoms with van der Waals surface area (Å²) in [6, 6.07) is 11.9. The van der Waals surface area contributed by atoms with E-state index >= 15 is 0 Å². The molecule has 0 spiro atoms. The minimum atomic E-state index is -0.865. The molecule has 0 fully saturated rings. The normalized spacial score (nSPS) is 13.5. The summed E-state index contributed by atoms with van der Waals surface area (Å²) in [5.41, 5.74) is 1.89. The lowest BCUT2D eigenvalue weighted by Crippen LogP contribution is -2.24. The van der Waals surface area contributed by atoms with Crippen LogP contribution in [-0.4, -0.2) is 24.6 Å². The molecule has 0 aliphatic carbocycles. The van der Waals surface area contributed by atoms with Crippen LogP contribution in [0.15, 0.2) is 42.5 Å². The van der Waals surface area contributed by atoms with Gasteiger partial charge in [-0.15, -0.1) is 0 Å². The van der Waals surface area contributed by atoms with E-state index in [0.29, 0.717) is 22.6 Å². The van der Waals surface area contributed by atoms with Crippen molar-refractivity contribution >= 4 is 11.8 Å². The van der Waals surface area contributed by atoms with Gasteiger partial charge in [0.2, 0.25) is 12.6 Å². The number of esters is 1. The van der Waals surface area contributed by atoms with Gasteiger partial charge in [0.1, 0.15) is 0 Å². The lowest BCUT2D eigenvalue weighted by molar-refractivity contribution is 0.0318. The molecular weight excluding hydrogens is 296 g/mol. The second-order valence-corrected chi connectivity index (χ2v) is 5.35. The fourth-order valence-corrected chi connectivity index (χ4v) is 2.26. The van der Waals surface area contributed by atoms with Crippen LogP contribution in [0.1, 0.15) is 33.2 Å². The number of hydrogen-bond donors (Lipinski definition) is 0. The fourth-order valence-electron chi connectivity index (χ4n) is 2.26. The smallest absolute Gasteiger partial charge is 0.338 e. The average Bonchev–Trinajstić information content (AvgIpc) is 3.02. The lowest BCUT2D eigenvalue weighted by Gasteiger charge is -2.12. The maximum Gasteiger partial charge on any atom is 0.338 e. The van der Waals surface area contributed by atoms with Crippen molar-refractivity contribution in [2.24, 2.45) is 0 Å². The minimum absolute atomic E-state index is 0.135. The van der Waals surface area contributed by atoms with Gasteiger partial charge < -0.3 is 14.2 Å². The molecule has 3 rings (SSSR count). The fraction of sp³-hybridized carbons (Fsp3) is 0.222. The molecule has 1 aliphatic rings. The van der Waals surface area contributed by atoms with Crippen LogP contribution in [0.25, 0.3) is 0 Å². The molecule has 5 nitrogen and oxygen atoms in total. The van der Waals surface area contributed by atoms with E-state index in [9.17, 15) is 9.59 Å². The molecule has 0 bridgehead atoms. The van der Waals surface area contributed by atoms with E-state index < -0.39 is 12.1 Å². The second-order valence-electron chi connectivity index (χ2n) is 5.35. The maximum absolute atomic E-state index is 12.3. The molecule has 0 N–H and O–H groups in total. The Morgan fingerprint density at radius 1 is 1.00 bits per heavy atom. The van der Waals surface area contributed by atoms with Crippen molar-refractivity contribution in [1.82, 2.24) is 0 Å². The predicted molar refractivity (Wildman–Crippen MR) is 83.0 cm³/mol. The number of rotatable bonds is 4. The van der Waals surface area contributed by atoms with E-state index in [-0.39, 0.29) is 12.6 Å². The highest BCUT2D eigenvalue weighted by Gasteiger charge is 2.22. The van der Waals surface area contributed by atoms with Crippen LogP contribution in [0.4, 0.5) is 0 Å². The number of aryl methyl sites for hydroxylation is 1. The van der Waals surface area contributed by atoms with Crippen LogP contribution in [0.2, 0.25) is 0 Å². The van der Waals surface area contributed by atoms with Gasteiger partial charge in [0.05, 0.1) is 5.56 Å². The van der Waals surface area contributed by atoms with Gasteiger partial charge >= 0.3 is 5.97 Å². The predicted octanol–water partition coefficient (Wildman–Crippen LogP) is 3.15. The monoisotopic (exact) mass is 312 g/mol. The number of Topliss-reactive ketones (excluding diaryl/α,β-unsaturated/α-hetero) is 1. The number of fused-ring (bicyclic) bond motifs is 1. The molecular formula is C18H16O5. The third-order valence-electron chi connectivity index (χ3n) is 3.60. The molecule has 2 aromatic rings. The van der Waals surface area contributed by atoms with Crippen LogP contribution in [0.5, 0.6) is 11.5 Å². The summed E-state index contributed by atoms with van der Waals surface area (Å²) in [5.74, 6) is 0.276. The maximum atomic E-state index is 12.3.